The lowest BCUT2D eigenvalue weighted by Crippen LogP contribution is -2.32. The fourth-order valence-electron chi connectivity index (χ4n) is 2.28. The van der Waals surface area contributed by atoms with Gasteiger partial charge in [0.1, 0.15) is 0 Å². The normalized spacial score (nSPS) is 12.1. The van der Waals surface area contributed by atoms with E-state index >= 15 is 0 Å². The van der Waals surface area contributed by atoms with E-state index in [4.69, 9.17) is 0 Å². The third-order valence-electron chi connectivity index (χ3n) is 3.63. The van der Waals surface area contributed by atoms with Crippen LogP contribution in [-0.2, 0) is 11.3 Å². The molecule has 2 aromatic rings. The maximum absolute atomic E-state index is 12.8. The molecular weight excluding hydrogens is 322 g/mol. The standard InChI is InChI=1S/C18H23N3O2S/c1-4-6-12-21-17(23)14-9-7-8-10-15(14)20-18(21)24-13(3)16(22)19-11-5-2/h5,7-10,13H,2,4,6,11-12H2,1,3H3,(H,19,22). The Morgan fingerprint density at radius 2 is 2.21 bits per heavy atom. The molecule has 0 bridgehead atoms. The summed E-state index contributed by atoms with van der Waals surface area (Å²) in [6.45, 7) is 8.52. The second-order valence-corrected chi connectivity index (χ2v) is 6.82. The number of unbranched alkanes of at least 4 members (excludes halogenated alkanes) is 1. The molecule has 0 radical (unpaired) electrons. The van der Waals surface area contributed by atoms with Crippen molar-refractivity contribution in [2.45, 2.75) is 43.6 Å². The molecule has 1 aromatic heterocycles. The molecule has 5 nitrogen and oxygen atoms in total. The number of para-hydroxylation sites is 1. The number of rotatable bonds is 8. The van der Waals surface area contributed by atoms with Crippen LogP contribution < -0.4 is 10.9 Å². The molecule has 1 unspecified atom stereocenters. The summed E-state index contributed by atoms with van der Waals surface area (Å²) < 4.78 is 1.69. The highest BCUT2D eigenvalue weighted by molar-refractivity contribution is 8.00. The molecular formula is C18H23N3O2S. The number of benzene rings is 1. The van der Waals surface area contributed by atoms with Crippen LogP contribution in [0, 0.1) is 0 Å². The van der Waals surface area contributed by atoms with Gasteiger partial charge in [0.25, 0.3) is 5.56 Å². The molecule has 6 heteroatoms. The lowest BCUT2D eigenvalue weighted by Gasteiger charge is -2.16. The second-order valence-electron chi connectivity index (χ2n) is 5.52. The Balaban J connectivity index is 2.37. The average Bonchev–Trinajstić information content (AvgIpc) is 2.59. The number of hydrogen-bond acceptors (Lipinski definition) is 4. The molecule has 0 aliphatic carbocycles. The van der Waals surface area contributed by atoms with Crippen molar-refractivity contribution < 1.29 is 4.79 Å². The minimum absolute atomic E-state index is 0.0461. The highest BCUT2D eigenvalue weighted by Crippen LogP contribution is 2.23. The smallest absolute Gasteiger partial charge is 0.262 e. The van der Waals surface area contributed by atoms with Crippen LogP contribution in [0.25, 0.3) is 10.9 Å². The number of nitrogens with zero attached hydrogens (tertiary/aromatic N) is 2. The molecule has 1 heterocycles. The van der Waals surface area contributed by atoms with Crippen molar-refractivity contribution in [3.63, 3.8) is 0 Å². The monoisotopic (exact) mass is 345 g/mol. The summed E-state index contributed by atoms with van der Waals surface area (Å²) in [6, 6.07) is 7.32. The van der Waals surface area contributed by atoms with Crippen molar-refractivity contribution in [1.29, 1.82) is 0 Å². The largest absolute Gasteiger partial charge is 0.352 e. The van der Waals surface area contributed by atoms with Gasteiger partial charge in [-0.1, -0.05) is 43.3 Å². The van der Waals surface area contributed by atoms with Gasteiger partial charge in [0.2, 0.25) is 5.91 Å². The van der Waals surface area contributed by atoms with Gasteiger partial charge in [-0.25, -0.2) is 4.98 Å². The number of carbonyl (C=O) groups is 1. The van der Waals surface area contributed by atoms with Gasteiger partial charge in [0, 0.05) is 13.1 Å². The topological polar surface area (TPSA) is 64.0 Å². The Kier molecular flexibility index (Phi) is 6.61. The minimum Gasteiger partial charge on any atom is -0.352 e. The van der Waals surface area contributed by atoms with E-state index in [9.17, 15) is 9.59 Å². The van der Waals surface area contributed by atoms with Crippen molar-refractivity contribution in [3.05, 3.63) is 47.3 Å². The Bertz CT molecular complexity index is 785. The lowest BCUT2D eigenvalue weighted by atomic mass is 10.2. The van der Waals surface area contributed by atoms with Gasteiger partial charge in [-0.05, 0) is 25.5 Å². The average molecular weight is 345 g/mol. The summed E-state index contributed by atoms with van der Waals surface area (Å²) in [4.78, 5) is 29.5. The van der Waals surface area contributed by atoms with Crippen molar-refractivity contribution in [2.75, 3.05) is 6.54 Å². The zero-order valence-corrected chi connectivity index (χ0v) is 14.9. The molecule has 2 rings (SSSR count). The van der Waals surface area contributed by atoms with E-state index in [0.717, 1.165) is 12.8 Å². The third kappa shape index (κ3) is 4.26. The van der Waals surface area contributed by atoms with E-state index in [2.05, 4.69) is 23.8 Å². The zero-order valence-electron chi connectivity index (χ0n) is 14.1. The number of nitrogens with one attached hydrogen (secondary N) is 1. The maximum atomic E-state index is 12.8. The van der Waals surface area contributed by atoms with E-state index in [0.29, 0.717) is 29.1 Å². The summed E-state index contributed by atoms with van der Waals surface area (Å²) in [7, 11) is 0. The first-order chi connectivity index (χ1) is 11.6. The highest BCUT2D eigenvalue weighted by atomic mass is 32.2. The molecule has 1 amide bonds. The first-order valence-corrected chi connectivity index (χ1v) is 9.01. The van der Waals surface area contributed by atoms with Gasteiger partial charge in [0.15, 0.2) is 5.16 Å². The number of amides is 1. The molecule has 0 aliphatic rings. The van der Waals surface area contributed by atoms with Crippen molar-refractivity contribution in [3.8, 4) is 0 Å². The van der Waals surface area contributed by atoms with Crippen molar-refractivity contribution in [2.24, 2.45) is 0 Å². The Morgan fingerprint density at radius 3 is 2.92 bits per heavy atom. The predicted molar refractivity (Wildman–Crippen MR) is 99.4 cm³/mol. The van der Waals surface area contributed by atoms with Gasteiger partial charge in [-0.3, -0.25) is 14.2 Å². The Hall–Kier alpha value is -2.08. The van der Waals surface area contributed by atoms with Crippen LogP contribution in [0.3, 0.4) is 0 Å². The summed E-state index contributed by atoms with van der Waals surface area (Å²) >= 11 is 1.31. The van der Waals surface area contributed by atoms with Crippen LogP contribution in [0.5, 0.6) is 0 Å². The third-order valence-corrected chi connectivity index (χ3v) is 4.72. The number of aromatic nitrogens is 2. The highest BCUT2D eigenvalue weighted by Gasteiger charge is 2.18. The van der Waals surface area contributed by atoms with Crippen LogP contribution in [0.15, 0.2) is 46.9 Å². The van der Waals surface area contributed by atoms with Gasteiger partial charge in [0.05, 0.1) is 16.2 Å². The van der Waals surface area contributed by atoms with Crippen molar-refractivity contribution >= 4 is 28.6 Å². The van der Waals surface area contributed by atoms with Gasteiger partial charge in [-0.15, -0.1) is 6.58 Å². The molecule has 0 spiro atoms. The number of fused-ring (bicyclic) bond motifs is 1. The Labute approximate surface area is 146 Å². The summed E-state index contributed by atoms with van der Waals surface area (Å²) in [5, 5.41) is 3.64. The molecule has 0 fully saturated rings. The van der Waals surface area contributed by atoms with Gasteiger partial charge >= 0.3 is 0 Å². The zero-order chi connectivity index (χ0) is 17.5. The summed E-state index contributed by atoms with van der Waals surface area (Å²) in [5.74, 6) is -0.0932. The summed E-state index contributed by atoms with van der Waals surface area (Å²) in [6.07, 6.45) is 3.52. The second kappa shape index (κ2) is 8.68. The number of hydrogen-bond donors (Lipinski definition) is 1. The van der Waals surface area contributed by atoms with Crippen LogP contribution >= 0.6 is 11.8 Å². The Morgan fingerprint density at radius 1 is 1.46 bits per heavy atom. The maximum Gasteiger partial charge on any atom is 0.262 e. The fourth-order valence-corrected chi connectivity index (χ4v) is 3.24. The lowest BCUT2D eigenvalue weighted by molar-refractivity contribution is -0.120. The fraction of sp³-hybridized carbons (Fsp3) is 0.389. The van der Waals surface area contributed by atoms with Crippen LogP contribution in [-0.4, -0.2) is 27.3 Å². The SMILES string of the molecule is C=CCNC(=O)C(C)Sc1nc2ccccc2c(=O)n1CCCC. The van der Waals surface area contributed by atoms with E-state index in [1.165, 1.54) is 11.8 Å². The molecule has 0 aliphatic heterocycles. The van der Waals surface area contributed by atoms with Gasteiger partial charge in [-0.2, -0.15) is 0 Å². The molecule has 0 saturated heterocycles. The van der Waals surface area contributed by atoms with Crippen LogP contribution in [0.4, 0.5) is 0 Å². The first kappa shape index (κ1) is 18.3. The molecule has 1 atom stereocenters. The van der Waals surface area contributed by atoms with E-state index in [1.807, 2.05) is 25.1 Å². The van der Waals surface area contributed by atoms with Gasteiger partial charge < -0.3 is 5.32 Å². The number of carbonyl (C=O) groups excluding carboxylic acids is 1. The number of thioether (sulfide) groups is 1. The first-order valence-electron chi connectivity index (χ1n) is 8.13. The van der Waals surface area contributed by atoms with Crippen LogP contribution in [0.1, 0.15) is 26.7 Å². The quantitative estimate of drug-likeness (QED) is 0.454. The van der Waals surface area contributed by atoms with Crippen LogP contribution in [0.2, 0.25) is 0 Å². The molecule has 1 aromatic carbocycles. The van der Waals surface area contributed by atoms with E-state index < -0.39 is 0 Å². The molecule has 24 heavy (non-hydrogen) atoms. The summed E-state index contributed by atoms with van der Waals surface area (Å²) in [5.41, 5.74) is 0.617. The van der Waals surface area contributed by atoms with E-state index in [1.54, 1.807) is 16.7 Å². The van der Waals surface area contributed by atoms with E-state index in [-0.39, 0.29) is 16.7 Å². The minimum atomic E-state index is -0.342. The predicted octanol–water partition coefficient (Wildman–Crippen LogP) is 2.98. The molecule has 128 valence electrons. The molecule has 1 N–H and O–H groups in total. The van der Waals surface area contributed by atoms with Crippen molar-refractivity contribution in [1.82, 2.24) is 14.9 Å². The molecule has 0 saturated carbocycles.